The lowest BCUT2D eigenvalue weighted by Gasteiger charge is -2.34. The monoisotopic (exact) mass is 309 g/mol. The number of hydrogen-bond acceptors (Lipinski definition) is 5. The molecule has 2 rings (SSSR count). The van der Waals surface area contributed by atoms with E-state index in [-0.39, 0.29) is 12.6 Å². The Hall–Kier alpha value is -1.99. The van der Waals surface area contributed by atoms with Gasteiger partial charge < -0.3 is 24.8 Å². The molecule has 0 bridgehead atoms. The van der Waals surface area contributed by atoms with Gasteiger partial charge in [0.15, 0.2) is 0 Å². The lowest BCUT2D eigenvalue weighted by Crippen LogP contribution is -2.50. The SMILES string of the molecule is COc1cccc(OC)c1NC(=O)N1CCN(CCO)CC1. The van der Waals surface area contributed by atoms with Crippen molar-refractivity contribution in [2.45, 2.75) is 0 Å². The number of benzene rings is 1. The van der Waals surface area contributed by atoms with Gasteiger partial charge in [-0.2, -0.15) is 0 Å². The summed E-state index contributed by atoms with van der Waals surface area (Å²) in [6.45, 7) is 3.57. The Morgan fingerprint density at radius 2 is 1.77 bits per heavy atom. The number of carbonyl (C=O) groups is 1. The fourth-order valence-corrected chi connectivity index (χ4v) is 2.48. The van der Waals surface area contributed by atoms with Gasteiger partial charge in [-0.05, 0) is 12.1 Å². The highest BCUT2D eigenvalue weighted by atomic mass is 16.5. The molecule has 1 aliphatic rings. The van der Waals surface area contributed by atoms with Crippen molar-refractivity contribution in [3.05, 3.63) is 18.2 Å². The van der Waals surface area contributed by atoms with Crippen molar-refractivity contribution in [1.82, 2.24) is 9.80 Å². The van der Waals surface area contributed by atoms with Crippen LogP contribution in [0.1, 0.15) is 0 Å². The average Bonchev–Trinajstić information content (AvgIpc) is 2.56. The number of β-amino-alcohol motifs (C(OH)–C–C–N with tert-alkyl or cyclic N) is 1. The second-order valence-corrected chi connectivity index (χ2v) is 5.02. The van der Waals surface area contributed by atoms with Crippen LogP contribution in [-0.4, -0.2) is 74.5 Å². The van der Waals surface area contributed by atoms with Crippen LogP contribution in [0.3, 0.4) is 0 Å². The maximum Gasteiger partial charge on any atom is 0.322 e. The van der Waals surface area contributed by atoms with Crippen molar-refractivity contribution >= 4 is 11.7 Å². The molecular formula is C15H23N3O4. The minimum Gasteiger partial charge on any atom is -0.494 e. The number of nitrogens with one attached hydrogen (secondary N) is 1. The van der Waals surface area contributed by atoms with Gasteiger partial charge in [-0.15, -0.1) is 0 Å². The molecule has 122 valence electrons. The van der Waals surface area contributed by atoms with Crippen LogP contribution < -0.4 is 14.8 Å². The fourth-order valence-electron chi connectivity index (χ4n) is 2.48. The molecule has 0 spiro atoms. The van der Waals surface area contributed by atoms with Gasteiger partial charge >= 0.3 is 6.03 Å². The van der Waals surface area contributed by atoms with Gasteiger partial charge in [0.25, 0.3) is 0 Å². The highest BCUT2D eigenvalue weighted by Gasteiger charge is 2.22. The largest absolute Gasteiger partial charge is 0.494 e. The number of para-hydroxylation sites is 1. The normalized spacial score (nSPS) is 15.5. The van der Waals surface area contributed by atoms with E-state index < -0.39 is 0 Å². The van der Waals surface area contributed by atoms with Crippen molar-refractivity contribution in [3.63, 3.8) is 0 Å². The van der Waals surface area contributed by atoms with E-state index in [1.165, 1.54) is 0 Å². The summed E-state index contributed by atoms with van der Waals surface area (Å²) in [4.78, 5) is 16.3. The first kappa shape index (κ1) is 16.4. The van der Waals surface area contributed by atoms with Crippen molar-refractivity contribution in [2.75, 3.05) is 58.9 Å². The number of piperazine rings is 1. The topological polar surface area (TPSA) is 74.3 Å². The van der Waals surface area contributed by atoms with Crippen LogP contribution in [0.4, 0.5) is 10.5 Å². The number of ether oxygens (including phenoxy) is 2. The van der Waals surface area contributed by atoms with Crippen LogP contribution in [0.15, 0.2) is 18.2 Å². The molecule has 22 heavy (non-hydrogen) atoms. The Kier molecular flexibility index (Phi) is 5.85. The molecule has 1 aliphatic heterocycles. The molecule has 0 radical (unpaired) electrons. The number of amides is 2. The Morgan fingerprint density at radius 1 is 1.18 bits per heavy atom. The summed E-state index contributed by atoms with van der Waals surface area (Å²) >= 11 is 0. The molecule has 2 N–H and O–H groups in total. The first-order valence-corrected chi connectivity index (χ1v) is 7.29. The Labute approximate surface area is 130 Å². The summed E-state index contributed by atoms with van der Waals surface area (Å²) in [5.74, 6) is 1.12. The van der Waals surface area contributed by atoms with Crippen LogP contribution in [0.2, 0.25) is 0 Å². The molecule has 2 amide bonds. The van der Waals surface area contributed by atoms with E-state index in [1.807, 2.05) is 0 Å². The Morgan fingerprint density at radius 3 is 2.27 bits per heavy atom. The van der Waals surface area contributed by atoms with Gasteiger partial charge in [-0.1, -0.05) is 6.07 Å². The number of aliphatic hydroxyl groups is 1. The smallest absolute Gasteiger partial charge is 0.322 e. The zero-order valence-electron chi connectivity index (χ0n) is 13.0. The van der Waals surface area contributed by atoms with Crippen molar-refractivity contribution in [3.8, 4) is 11.5 Å². The van der Waals surface area contributed by atoms with Crippen molar-refractivity contribution < 1.29 is 19.4 Å². The van der Waals surface area contributed by atoms with Crippen LogP contribution in [0.5, 0.6) is 11.5 Å². The molecule has 1 aromatic carbocycles. The van der Waals surface area contributed by atoms with Crippen molar-refractivity contribution in [2.24, 2.45) is 0 Å². The molecule has 0 aliphatic carbocycles. The molecule has 0 unspecified atom stereocenters. The second kappa shape index (κ2) is 7.86. The van der Waals surface area contributed by atoms with E-state index in [0.29, 0.717) is 36.8 Å². The van der Waals surface area contributed by atoms with Gasteiger partial charge in [-0.3, -0.25) is 4.90 Å². The Bertz CT molecular complexity index is 479. The van der Waals surface area contributed by atoms with E-state index in [2.05, 4.69) is 10.2 Å². The average molecular weight is 309 g/mol. The maximum absolute atomic E-state index is 12.4. The minimum absolute atomic E-state index is 0.143. The Balaban J connectivity index is 2.01. The number of rotatable bonds is 5. The fraction of sp³-hybridized carbons (Fsp3) is 0.533. The van der Waals surface area contributed by atoms with Crippen LogP contribution in [-0.2, 0) is 0 Å². The van der Waals surface area contributed by atoms with Gasteiger partial charge in [-0.25, -0.2) is 4.79 Å². The molecule has 1 heterocycles. The molecule has 1 aromatic rings. The molecule has 1 saturated heterocycles. The highest BCUT2D eigenvalue weighted by molar-refractivity contribution is 5.93. The number of aliphatic hydroxyl groups excluding tert-OH is 1. The third-order valence-corrected chi connectivity index (χ3v) is 3.74. The summed E-state index contributed by atoms with van der Waals surface area (Å²) < 4.78 is 10.6. The van der Waals surface area contributed by atoms with Crippen molar-refractivity contribution in [1.29, 1.82) is 0 Å². The van der Waals surface area contributed by atoms with Gasteiger partial charge in [0.2, 0.25) is 0 Å². The number of carbonyl (C=O) groups excluding carboxylic acids is 1. The van der Waals surface area contributed by atoms with Gasteiger partial charge in [0.05, 0.1) is 20.8 Å². The molecule has 1 fully saturated rings. The first-order valence-electron chi connectivity index (χ1n) is 7.29. The minimum atomic E-state index is -0.175. The predicted octanol–water partition coefficient (Wildman–Crippen LogP) is 0.846. The van der Waals surface area contributed by atoms with Crippen LogP contribution in [0, 0.1) is 0 Å². The number of urea groups is 1. The molecule has 7 heteroatoms. The summed E-state index contributed by atoms with van der Waals surface area (Å²) in [7, 11) is 3.11. The first-order chi connectivity index (χ1) is 10.7. The van der Waals surface area contributed by atoms with Gasteiger partial charge in [0.1, 0.15) is 17.2 Å². The molecule has 0 aromatic heterocycles. The van der Waals surface area contributed by atoms with Gasteiger partial charge in [0, 0.05) is 32.7 Å². The van der Waals surface area contributed by atoms with E-state index >= 15 is 0 Å². The number of methoxy groups -OCH3 is 2. The summed E-state index contributed by atoms with van der Waals surface area (Å²) in [5, 5.41) is 11.8. The second-order valence-electron chi connectivity index (χ2n) is 5.02. The van der Waals surface area contributed by atoms with E-state index in [4.69, 9.17) is 14.6 Å². The zero-order valence-corrected chi connectivity index (χ0v) is 13.0. The molecule has 0 saturated carbocycles. The molecule has 0 atom stereocenters. The number of anilines is 1. The standard InChI is InChI=1S/C15H23N3O4/c1-21-12-4-3-5-13(22-2)14(12)16-15(20)18-8-6-17(7-9-18)10-11-19/h3-5,19H,6-11H2,1-2H3,(H,16,20). The highest BCUT2D eigenvalue weighted by Crippen LogP contribution is 2.34. The third kappa shape index (κ3) is 3.80. The van der Waals surface area contributed by atoms with E-state index in [1.54, 1.807) is 37.3 Å². The third-order valence-electron chi connectivity index (χ3n) is 3.74. The van der Waals surface area contributed by atoms with Crippen LogP contribution >= 0.6 is 0 Å². The lowest BCUT2D eigenvalue weighted by molar-refractivity contribution is 0.127. The quantitative estimate of drug-likeness (QED) is 0.843. The molecule has 7 nitrogen and oxygen atoms in total. The molecular weight excluding hydrogens is 286 g/mol. The lowest BCUT2D eigenvalue weighted by atomic mass is 10.2. The van der Waals surface area contributed by atoms with Crippen LogP contribution in [0.25, 0.3) is 0 Å². The van der Waals surface area contributed by atoms with E-state index in [9.17, 15) is 4.79 Å². The predicted molar refractivity (Wildman–Crippen MR) is 83.7 cm³/mol. The number of nitrogens with zero attached hydrogens (tertiary/aromatic N) is 2. The number of hydrogen-bond donors (Lipinski definition) is 2. The summed E-state index contributed by atoms with van der Waals surface area (Å²) in [6.07, 6.45) is 0. The van der Waals surface area contributed by atoms with E-state index in [0.717, 1.165) is 13.1 Å². The zero-order chi connectivity index (χ0) is 15.9. The maximum atomic E-state index is 12.4. The summed E-state index contributed by atoms with van der Waals surface area (Å²) in [5.41, 5.74) is 0.537. The summed E-state index contributed by atoms with van der Waals surface area (Å²) in [6, 6.07) is 5.18.